The number of aromatic hydroxyl groups is 1. The molecule has 0 saturated carbocycles. The van der Waals surface area contributed by atoms with Gasteiger partial charge < -0.3 is 19.7 Å². The number of phenols is 1. The fraction of sp³-hybridized carbons (Fsp3) is 0. The van der Waals surface area contributed by atoms with Crippen molar-refractivity contribution in [2.75, 3.05) is 0 Å². The number of hydrogen-bond acceptors (Lipinski definition) is 6. The van der Waals surface area contributed by atoms with Gasteiger partial charge in [0.25, 0.3) is 0 Å². The van der Waals surface area contributed by atoms with Crippen LogP contribution in [0.3, 0.4) is 0 Å². The van der Waals surface area contributed by atoms with Crippen LogP contribution in [-0.4, -0.2) is 28.1 Å². The molecule has 2 N–H and O–H groups in total. The molecule has 0 bridgehead atoms. The van der Waals surface area contributed by atoms with Gasteiger partial charge in [0.15, 0.2) is 0 Å². The first-order valence-corrected chi connectivity index (χ1v) is 9.49. The molecule has 0 amide bonds. The van der Waals surface area contributed by atoms with Gasteiger partial charge in [0.1, 0.15) is 17.2 Å². The van der Waals surface area contributed by atoms with Crippen LogP contribution in [0.5, 0.6) is 17.2 Å². The van der Waals surface area contributed by atoms with Crippen molar-refractivity contribution in [3.8, 4) is 17.2 Å². The number of fused-ring (bicyclic) bond motifs is 1. The highest BCUT2D eigenvalue weighted by Gasteiger charge is 2.13. The van der Waals surface area contributed by atoms with Gasteiger partial charge in [0, 0.05) is 0 Å². The van der Waals surface area contributed by atoms with Crippen LogP contribution >= 0.6 is 0 Å². The molecular formula is C25H16O7. The van der Waals surface area contributed by atoms with E-state index >= 15 is 0 Å². The van der Waals surface area contributed by atoms with Crippen LogP contribution in [-0.2, 0) is 0 Å². The number of rotatable bonds is 5. The lowest BCUT2D eigenvalue weighted by Gasteiger charge is -2.08. The first kappa shape index (κ1) is 20.6. The van der Waals surface area contributed by atoms with E-state index in [0.29, 0.717) is 11.1 Å². The number of benzene rings is 4. The van der Waals surface area contributed by atoms with Crippen LogP contribution in [0.25, 0.3) is 10.8 Å². The van der Waals surface area contributed by atoms with Crippen molar-refractivity contribution in [3.05, 3.63) is 102 Å². The van der Waals surface area contributed by atoms with Crippen LogP contribution in [0.2, 0.25) is 0 Å². The van der Waals surface area contributed by atoms with E-state index in [4.69, 9.17) is 14.6 Å². The number of carboxylic acids is 1. The lowest BCUT2D eigenvalue weighted by Crippen LogP contribution is -2.11. The first-order valence-electron chi connectivity index (χ1n) is 9.49. The Morgan fingerprint density at radius 1 is 0.562 bits per heavy atom. The van der Waals surface area contributed by atoms with Crippen LogP contribution in [0, 0.1) is 0 Å². The average molecular weight is 428 g/mol. The third kappa shape index (κ3) is 4.57. The summed E-state index contributed by atoms with van der Waals surface area (Å²) < 4.78 is 10.6. The Balaban J connectivity index is 1.44. The normalized spacial score (nSPS) is 10.5. The maximum atomic E-state index is 12.5. The van der Waals surface area contributed by atoms with Crippen LogP contribution < -0.4 is 9.47 Å². The molecule has 0 saturated heterocycles. The summed E-state index contributed by atoms with van der Waals surface area (Å²) in [5, 5.41) is 19.8. The van der Waals surface area contributed by atoms with Gasteiger partial charge in [-0.15, -0.1) is 0 Å². The number of esters is 2. The number of carbonyl (C=O) groups is 3. The molecule has 0 heterocycles. The molecule has 4 rings (SSSR count). The lowest BCUT2D eigenvalue weighted by molar-refractivity contribution is 0.0693. The van der Waals surface area contributed by atoms with E-state index in [2.05, 4.69) is 0 Å². The van der Waals surface area contributed by atoms with Crippen molar-refractivity contribution in [2.45, 2.75) is 0 Å². The lowest BCUT2D eigenvalue weighted by atomic mass is 10.1. The van der Waals surface area contributed by atoms with E-state index in [0.717, 1.165) is 5.39 Å². The second-order valence-corrected chi connectivity index (χ2v) is 6.88. The number of ether oxygens (including phenoxy) is 2. The van der Waals surface area contributed by atoms with Gasteiger partial charge in [-0.05, 0) is 83.6 Å². The molecule has 4 aromatic carbocycles. The minimum Gasteiger partial charge on any atom is -0.508 e. The molecule has 7 heteroatoms. The molecule has 7 nitrogen and oxygen atoms in total. The highest BCUT2D eigenvalue weighted by Crippen LogP contribution is 2.23. The second kappa shape index (κ2) is 8.61. The number of phenolic OH excluding ortho intramolecular Hbond substituents is 1. The molecule has 0 atom stereocenters. The Kier molecular flexibility index (Phi) is 5.55. The number of hydrogen-bond donors (Lipinski definition) is 2. The quantitative estimate of drug-likeness (QED) is 0.351. The monoisotopic (exact) mass is 428 g/mol. The summed E-state index contributed by atoms with van der Waals surface area (Å²) in [6.45, 7) is 0. The zero-order valence-electron chi connectivity index (χ0n) is 16.5. The fourth-order valence-corrected chi connectivity index (χ4v) is 3.01. The maximum Gasteiger partial charge on any atom is 0.343 e. The van der Waals surface area contributed by atoms with Gasteiger partial charge >= 0.3 is 17.9 Å². The Bertz CT molecular complexity index is 1320. The molecule has 0 aliphatic carbocycles. The van der Waals surface area contributed by atoms with Crippen molar-refractivity contribution < 1.29 is 34.1 Å². The fourth-order valence-electron chi connectivity index (χ4n) is 3.01. The highest BCUT2D eigenvalue weighted by molar-refractivity contribution is 5.96. The van der Waals surface area contributed by atoms with E-state index in [1.807, 2.05) is 0 Å². The summed E-state index contributed by atoms with van der Waals surface area (Å²) in [5.74, 6) is -1.58. The number of carboxylic acid groups (broad SMARTS) is 1. The smallest absolute Gasteiger partial charge is 0.343 e. The second-order valence-electron chi connectivity index (χ2n) is 6.88. The number of carbonyl (C=O) groups excluding carboxylic acids is 2. The molecule has 0 fully saturated rings. The third-order valence-electron chi connectivity index (χ3n) is 4.67. The van der Waals surface area contributed by atoms with Gasteiger partial charge in [-0.3, -0.25) is 0 Å². The standard InChI is InChI=1S/C25H16O7/c26-20-8-11-21(12-9-20)31-24(29)15-1-3-16(4-2-15)25(30)32-22-10-7-17-13-19(23(27)28)6-5-18(17)14-22/h1-14,26H,(H,27,28). The van der Waals surface area contributed by atoms with Gasteiger partial charge in [-0.25, -0.2) is 14.4 Å². The number of aromatic carboxylic acids is 1. The Morgan fingerprint density at radius 3 is 1.62 bits per heavy atom. The van der Waals surface area contributed by atoms with Gasteiger partial charge in [0.2, 0.25) is 0 Å². The molecule has 0 aliphatic heterocycles. The van der Waals surface area contributed by atoms with Gasteiger partial charge in [-0.2, -0.15) is 0 Å². The van der Waals surface area contributed by atoms with E-state index in [1.54, 1.807) is 30.3 Å². The maximum absolute atomic E-state index is 12.5. The predicted octanol–water partition coefficient (Wildman–Crippen LogP) is 4.68. The van der Waals surface area contributed by atoms with E-state index in [-0.39, 0.29) is 28.2 Å². The molecule has 0 aliphatic rings. The van der Waals surface area contributed by atoms with Crippen molar-refractivity contribution in [3.63, 3.8) is 0 Å². The first-order chi connectivity index (χ1) is 15.4. The molecular weight excluding hydrogens is 412 g/mol. The summed E-state index contributed by atoms with van der Waals surface area (Å²) >= 11 is 0. The Labute approximate surface area is 182 Å². The molecule has 158 valence electrons. The third-order valence-corrected chi connectivity index (χ3v) is 4.67. The topological polar surface area (TPSA) is 110 Å². The van der Waals surface area contributed by atoms with Crippen LogP contribution in [0.1, 0.15) is 31.1 Å². The summed E-state index contributed by atoms with van der Waals surface area (Å²) in [7, 11) is 0. The SMILES string of the molecule is O=C(O)c1ccc2cc(OC(=O)c3ccc(C(=O)Oc4ccc(O)cc4)cc3)ccc2c1. The van der Waals surface area contributed by atoms with E-state index in [1.165, 1.54) is 54.6 Å². The highest BCUT2D eigenvalue weighted by atomic mass is 16.5. The minimum absolute atomic E-state index is 0.0593. The van der Waals surface area contributed by atoms with E-state index in [9.17, 15) is 19.5 Å². The zero-order chi connectivity index (χ0) is 22.7. The Hall–Kier alpha value is -4.65. The average Bonchev–Trinajstić information content (AvgIpc) is 2.80. The van der Waals surface area contributed by atoms with E-state index < -0.39 is 17.9 Å². The zero-order valence-corrected chi connectivity index (χ0v) is 16.5. The van der Waals surface area contributed by atoms with Gasteiger partial charge in [0.05, 0.1) is 16.7 Å². The largest absolute Gasteiger partial charge is 0.508 e. The molecule has 0 aromatic heterocycles. The van der Waals surface area contributed by atoms with Crippen LogP contribution in [0.4, 0.5) is 0 Å². The Morgan fingerprint density at radius 2 is 1.03 bits per heavy atom. The van der Waals surface area contributed by atoms with Crippen molar-refractivity contribution in [1.82, 2.24) is 0 Å². The molecule has 0 spiro atoms. The van der Waals surface area contributed by atoms with Crippen molar-refractivity contribution in [1.29, 1.82) is 0 Å². The molecule has 32 heavy (non-hydrogen) atoms. The molecule has 0 unspecified atom stereocenters. The van der Waals surface area contributed by atoms with Crippen molar-refractivity contribution >= 4 is 28.7 Å². The minimum atomic E-state index is -1.02. The summed E-state index contributed by atoms with van der Waals surface area (Å²) in [6, 6.07) is 21.1. The van der Waals surface area contributed by atoms with Crippen molar-refractivity contribution in [2.24, 2.45) is 0 Å². The summed E-state index contributed by atoms with van der Waals surface area (Å²) in [6.07, 6.45) is 0. The summed E-state index contributed by atoms with van der Waals surface area (Å²) in [5.41, 5.74) is 0.661. The van der Waals surface area contributed by atoms with Gasteiger partial charge in [-0.1, -0.05) is 12.1 Å². The summed E-state index contributed by atoms with van der Waals surface area (Å²) in [4.78, 5) is 35.8. The van der Waals surface area contributed by atoms with Crippen LogP contribution in [0.15, 0.2) is 84.9 Å². The molecule has 0 radical (unpaired) electrons. The predicted molar refractivity (Wildman–Crippen MR) is 115 cm³/mol. The molecule has 4 aromatic rings.